The highest BCUT2D eigenvalue weighted by atomic mass is 16.4. The molecule has 70 valence electrons. The topological polar surface area (TPSA) is 62.2 Å². The lowest BCUT2D eigenvalue weighted by Gasteiger charge is -2.11. The molecule has 1 heterocycles. The van der Waals surface area contributed by atoms with Gasteiger partial charge in [0.25, 0.3) is 0 Å². The van der Waals surface area contributed by atoms with Gasteiger partial charge >= 0.3 is 5.97 Å². The van der Waals surface area contributed by atoms with E-state index in [9.17, 15) is 4.79 Å². The van der Waals surface area contributed by atoms with Crippen LogP contribution in [0.2, 0.25) is 0 Å². The van der Waals surface area contributed by atoms with E-state index in [1.807, 2.05) is 19.1 Å². The van der Waals surface area contributed by atoms with E-state index in [0.29, 0.717) is 0 Å². The minimum Gasteiger partial charge on any atom is -0.480 e. The molecule has 0 aliphatic carbocycles. The highest BCUT2D eigenvalue weighted by Gasteiger charge is 2.05. The van der Waals surface area contributed by atoms with E-state index in [1.54, 1.807) is 12.4 Å². The second-order valence-corrected chi connectivity index (χ2v) is 2.78. The average molecular weight is 180 g/mol. The van der Waals surface area contributed by atoms with E-state index < -0.39 is 5.97 Å². The quantitative estimate of drug-likeness (QED) is 0.720. The van der Waals surface area contributed by atoms with Gasteiger partial charge in [-0.05, 0) is 24.6 Å². The summed E-state index contributed by atoms with van der Waals surface area (Å²) in [5.74, 6) is -0.846. The van der Waals surface area contributed by atoms with Crippen molar-refractivity contribution < 1.29 is 9.90 Å². The van der Waals surface area contributed by atoms with E-state index in [0.717, 1.165) is 5.56 Å². The third-order valence-electron chi connectivity index (χ3n) is 1.77. The van der Waals surface area contributed by atoms with E-state index in [1.165, 1.54) is 0 Å². The van der Waals surface area contributed by atoms with Crippen molar-refractivity contribution in [2.24, 2.45) is 0 Å². The Morgan fingerprint density at radius 1 is 1.62 bits per heavy atom. The van der Waals surface area contributed by atoms with Crippen molar-refractivity contribution in [2.45, 2.75) is 13.0 Å². The molecule has 4 nitrogen and oxygen atoms in total. The lowest BCUT2D eigenvalue weighted by atomic mass is 10.1. The zero-order valence-corrected chi connectivity index (χ0v) is 7.40. The van der Waals surface area contributed by atoms with E-state index in [2.05, 4.69) is 10.3 Å². The van der Waals surface area contributed by atoms with Gasteiger partial charge in [0, 0.05) is 18.4 Å². The van der Waals surface area contributed by atoms with Crippen LogP contribution in [0, 0.1) is 0 Å². The number of carboxylic acid groups (broad SMARTS) is 1. The summed E-state index contributed by atoms with van der Waals surface area (Å²) < 4.78 is 0. The number of carboxylic acids is 1. The molecule has 0 bridgehead atoms. The van der Waals surface area contributed by atoms with Crippen LogP contribution in [0.4, 0.5) is 0 Å². The zero-order valence-electron chi connectivity index (χ0n) is 7.40. The summed E-state index contributed by atoms with van der Waals surface area (Å²) >= 11 is 0. The summed E-state index contributed by atoms with van der Waals surface area (Å²) in [7, 11) is 0. The van der Waals surface area contributed by atoms with Crippen molar-refractivity contribution in [1.82, 2.24) is 10.3 Å². The molecule has 0 saturated carbocycles. The number of rotatable bonds is 4. The first-order valence-electron chi connectivity index (χ1n) is 4.05. The second kappa shape index (κ2) is 4.57. The van der Waals surface area contributed by atoms with Crippen LogP contribution in [0.3, 0.4) is 0 Å². The molecule has 0 aliphatic heterocycles. The van der Waals surface area contributed by atoms with Gasteiger partial charge in [0.1, 0.15) is 0 Å². The number of aliphatic carboxylic acids is 1. The second-order valence-electron chi connectivity index (χ2n) is 2.78. The highest BCUT2D eigenvalue weighted by molar-refractivity contribution is 5.69. The van der Waals surface area contributed by atoms with Crippen LogP contribution in [0.1, 0.15) is 18.5 Å². The first-order valence-corrected chi connectivity index (χ1v) is 4.05. The number of nitrogens with zero attached hydrogens (tertiary/aromatic N) is 1. The smallest absolute Gasteiger partial charge is 0.317 e. The van der Waals surface area contributed by atoms with Gasteiger partial charge in [0.05, 0.1) is 6.54 Å². The molecule has 13 heavy (non-hydrogen) atoms. The van der Waals surface area contributed by atoms with Gasteiger partial charge in [0.15, 0.2) is 0 Å². The van der Waals surface area contributed by atoms with Gasteiger partial charge < -0.3 is 10.4 Å². The summed E-state index contributed by atoms with van der Waals surface area (Å²) in [6.45, 7) is 1.89. The average Bonchev–Trinajstić information content (AvgIpc) is 2.15. The van der Waals surface area contributed by atoms with E-state index in [-0.39, 0.29) is 12.6 Å². The summed E-state index contributed by atoms with van der Waals surface area (Å²) in [6.07, 6.45) is 3.38. The van der Waals surface area contributed by atoms with Gasteiger partial charge in [-0.2, -0.15) is 0 Å². The van der Waals surface area contributed by atoms with Gasteiger partial charge in [-0.25, -0.2) is 0 Å². The summed E-state index contributed by atoms with van der Waals surface area (Å²) in [5.41, 5.74) is 1.04. The standard InChI is InChI=1S/C9H12N2O2/c1-7(11-6-9(12)13)8-2-4-10-5-3-8/h2-5,7,11H,6H2,1H3,(H,12,13)/t7-/m1/s1. The van der Waals surface area contributed by atoms with Crippen LogP contribution >= 0.6 is 0 Å². The fraction of sp³-hybridized carbons (Fsp3) is 0.333. The molecule has 1 atom stereocenters. The molecule has 1 rings (SSSR count). The SMILES string of the molecule is C[C@@H](NCC(=O)O)c1ccncc1. The molecular formula is C9H12N2O2. The molecule has 1 aromatic rings. The molecule has 0 saturated heterocycles. The largest absolute Gasteiger partial charge is 0.480 e. The maximum absolute atomic E-state index is 10.3. The van der Waals surface area contributed by atoms with Crippen LogP contribution in [0.5, 0.6) is 0 Å². The van der Waals surface area contributed by atoms with Crippen LogP contribution in [-0.2, 0) is 4.79 Å². The fourth-order valence-corrected chi connectivity index (χ4v) is 1.01. The summed E-state index contributed by atoms with van der Waals surface area (Å²) in [6, 6.07) is 3.76. The number of pyridine rings is 1. The van der Waals surface area contributed by atoms with Crippen LogP contribution < -0.4 is 5.32 Å². The Balaban J connectivity index is 2.49. The minimum atomic E-state index is -0.846. The zero-order chi connectivity index (χ0) is 9.68. The molecule has 1 aromatic heterocycles. The third kappa shape index (κ3) is 3.21. The van der Waals surface area contributed by atoms with Crippen molar-refractivity contribution >= 4 is 5.97 Å². The fourth-order valence-electron chi connectivity index (χ4n) is 1.01. The first-order chi connectivity index (χ1) is 6.20. The van der Waals surface area contributed by atoms with Gasteiger partial charge in [-0.15, -0.1) is 0 Å². The number of carbonyl (C=O) groups is 1. The van der Waals surface area contributed by atoms with Crippen LogP contribution in [0.15, 0.2) is 24.5 Å². The Kier molecular flexibility index (Phi) is 3.40. The molecule has 0 aliphatic rings. The van der Waals surface area contributed by atoms with Crippen molar-refractivity contribution in [1.29, 1.82) is 0 Å². The third-order valence-corrected chi connectivity index (χ3v) is 1.77. The van der Waals surface area contributed by atoms with E-state index >= 15 is 0 Å². The molecule has 2 N–H and O–H groups in total. The molecule has 0 radical (unpaired) electrons. The van der Waals surface area contributed by atoms with Crippen LogP contribution in [0.25, 0.3) is 0 Å². The van der Waals surface area contributed by atoms with Gasteiger partial charge in [0.2, 0.25) is 0 Å². The summed E-state index contributed by atoms with van der Waals surface area (Å²) in [4.78, 5) is 14.1. The molecule has 0 spiro atoms. The molecule has 4 heteroatoms. The number of nitrogens with one attached hydrogen (secondary N) is 1. The minimum absolute atomic E-state index is 0.0243. The van der Waals surface area contributed by atoms with Crippen molar-refractivity contribution in [3.05, 3.63) is 30.1 Å². The Morgan fingerprint density at radius 2 is 2.23 bits per heavy atom. The number of hydrogen-bond acceptors (Lipinski definition) is 3. The lowest BCUT2D eigenvalue weighted by Crippen LogP contribution is -2.25. The lowest BCUT2D eigenvalue weighted by molar-refractivity contribution is -0.136. The molecule has 0 amide bonds. The van der Waals surface area contributed by atoms with E-state index in [4.69, 9.17) is 5.11 Å². The van der Waals surface area contributed by atoms with Crippen molar-refractivity contribution in [3.8, 4) is 0 Å². The normalized spacial score (nSPS) is 12.4. The molecule has 0 fully saturated rings. The predicted octanol–water partition coefficient (Wildman–Crippen LogP) is 0.817. The monoisotopic (exact) mass is 180 g/mol. The Labute approximate surface area is 76.6 Å². The predicted molar refractivity (Wildman–Crippen MR) is 48.3 cm³/mol. The van der Waals surface area contributed by atoms with Crippen LogP contribution in [-0.4, -0.2) is 22.6 Å². The first kappa shape index (κ1) is 9.67. The Bertz CT molecular complexity index is 274. The number of aromatic nitrogens is 1. The molecular weight excluding hydrogens is 168 g/mol. The Morgan fingerprint density at radius 3 is 2.77 bits per heavy atom. The van der Waals surface area contributed by atoms with Gasteiger partial charge in [-0.1, -0.05) is 0 Å². The Hall–Kier alpha value is -1.42. The van der Waals surface area contributed by atoms with Gasteiger partial charge in [-0.3, -0.25) is 9.78 Å². The molecule has 0 unspecified atom stereocenters. The maximum atomic E-state index is 10.3. The van der Waals surface area contributed by atoms with Crippen molar-refractivity contribution in [3.63, 3.8) is 0 Å². The van der Waals surface area contributed by atoms with Crippen molar-refractivity contribution in [2.75, 3.05) is 6.54 Å². The highest BCUT2D eigenvalue weighted by Crippen LogP contribution is 2.08. The maximum Gasteiger partial charge on any atom is 0.317 e. The summed E-state index contributed by atoms with van der Waals surface area (Å²) in [5, 5.41) is 11.3. The molecule has 0 aromatic carbocycles. The number of hydrogen-bond donors (Lipinski definition) is 2.